The number of nitrogens with one attached hydrogen (secondary N) is 2. The third-order valence-corrected chi connectivity index (χ3v) is 2.91. The predicted molar refractivity (Wildman–Crippen MR) is 57.2 cm³/mol. The zero-order valence-corrected chi connectivity index (χ0v) is 9.34. The van der Waals surface area contributed by atoms with E-state index in [4.69, 9.17) is 0 Å². The second kappa shape index (κ2) is 5.20. The fourth-order valence-electron chi connectivity index (χ4n) is 1.70. The van der Waals surface area contributed by atoms with Crippen molar-refractivity contribution in [3.63, 3.8) is 0 Å². The Morgan fingerprint density at radius 1 is 1.57 bits per heavy atom. The summed E-state index contributed by atoms with van der Waals surface area (Å²) in [5.74, 6) is 1.28. The number of rotatable bonds is 2. The van der Waals surface area contributed by atoms with Crippen LogP contribution in [0.4, 0.5) is 4.79 Å². The molecule has 0 saturated carbocycles. The molecular formula is C10H21N3O. The van der Waals surface area contributed by atoms with E-state index in [9.17, 15) is 4.79 Å². The minimum atomic E-state index is 0.00257. The van der Waals surface area contributed by atoms with Gasteiger partial charge in [0.05, 0.1) is 0 Å². The van der Waals surface area contributed by atoms with Crippen molar-refractivity contribution in [3.8, 4) is 0 Å². The molecular weight excluding hydrogens is 178 g/mol. The van der Waals surface area contributed by atoms with Crippen molar-refractivity contribution in [2.24, 2.45) is 11.8 Å². The van der Waals surface area contributed by atoms with Crippen LogP contribution in [0.3, 0.4) is 0 Å². The van der Waals surface area contributed by atoms with Gasteiger partial charge in [-0.15, -0.1) is 0 Å². The molecule has 4 heteroatoms. The Hall–Kier alpha value is -0.770. The first-order valence-corrected chi connectivity index (χ1v) is 5.27. The lowest BCUT2D eigenvalue weighted by Crippen LogP contribution is -2.44. The van der Waals surface area contributed by atoms with Crippen LogP contribution in [0, 0.1) is 11.8 Å². The van der Waals surface area contributed by atoms with Gasteiger partial charge in [0.1, 0.15) is 0 Å². The summed E-state index contributed by atoms with van der Waals surface area (Å²) in [5.41, 5.74) is 0. The van der Waals surface area contributed by atoms with Crippen molar-refractivity contribution in [1.82, 2.24) is 15.5 Å². The van der Waals surface area contributed by atoms with Gasteiger partial charge in [-0.05, 0) is 31.3 Å². The lowest BCUT2D eigenvalue weighted by molar-refractivity contribution is 0.208. The van der Waals surface area contributed by atoms with E-state index in [0.717, 1.165) is 19.6 Å². The van der Waals surface area contributed by atoms with Gasteiger partial charge in [0.25, 0.3) is 0 Å². The second-order valence-corrected chi connectivity index (χ2v) is 4.31. The fraction of sp³-hybridized carbons (Fsp3) is 0.900. The molecule has 1 saturated heterocycles. The van der Waals surface area contributed by atoms with Crippen molar-refractivity contribution in [3.05, 3.63) is 0 Å². The number of carbonyl (C=O) groups excluding carboxylic acids is 1. The van der Waals surface area contributed by atoms with Gasteiger partial charge in [0, 0.05) is 20.6 Å². The van der Waals surface area contributed by atoms with E-state index in [1.54, 1.807) is 19.0 Å². The topological polar surface area (TPSA) is 44.4 Å². The molecule has 0 radical (unpaired) electrons. The maximum Gasteiger partial charge on any atom is 0.316 e. The Balaban J connectivity index is 2.26. The molecule has 2 amide bonds. The van der Waals surface area contributed by atoms with Crippen LogP contribution in [-0.4, -0.2) is 44.7 Å². The quantitative estimate of drug-likeness (QED) is 0.680. The lowest BCUT2D eigenvalue weighted by atomic mass is 9.88. The normalized spacial score (nSPS) is 27.1. The van der Waals surface area contributed by atoms with Crippen LogP contribution in [0.5, 0.6) is 0 Å². The first-order valence-electron chi connectivity index (χ1n) is 5.27. The highest BCUT2D eigenvalue weighted by Gasteiger charge is 2.21. The first-order chi connectivity index (χ1) is 6.61. The zero-order valence-electron chi connectivity index (χ0n) is 9.34. The Morgan fingerprint density at radius 2 is 2.29 bits per heavy atom. The molecule has 2 unspecified atom stereocenters. The Morgan fingerprint density at radius 3 is 2.86 bits per heavy atom. The number of hydrogen-bond donors (Lipinski definition) is 2. The van der Waals surface area contributed by atoms with Crippen molar-refractivity contribution in [1.29, 1.82) is 0 Å². The summed E-state index contributed by atoms with van der Waals surface area (Å²) in [5, 5.41) is 6.28. The molecule has 0 aliphatic carbocycles. The third kappa shape index (κ3) is 3.18. The van der Waals surface area contributed by atoms with Crippen molar-refractivity contribution in [2.75, 3.05) is 33.7 Å². The van der Waals surface area contributed by atoms with E-state index in [-0.39, 0.29) is 6.03 Å². The van der Waals surface area contributed by atoms with Gasteiger partial charge in [-0.3, -0.25) is 0 Å². The molecule has 0 bridgehead atoms. The molecule has 1 aliphatic heterocycles. The summed E-state index contributed by atoms with van der Waals surface area (Å²) in [7, 11) is 3.52. The molecule has 1 fully saturated rings. The molecule has 1 rings (SSSR count). The van der Waals surface area contributed by atoms with Gasteiger partial charge >= 0.3 is 6.03 Å². The predicted octanol–water partition coefficient (Wildman–Crippen LogP) is 0.503. The lowest BCUT2D eigenvalue weighted by Gasteiger charge is -2.29. The summed E-state index contributed by atoms with van der Waals surface area (Å²) in [6.07, 6.45) is 1.21. The second-order valence-electron chi connectivity index (χ2n) is 4.31. The van der Waals surface area contributed by atoms with Crippen LogP contribution in [0.25, 0.3) is 0 Å². The highest BCUT2D eigenvalue weighted by Crippen LogP contribution is 2.17. The van der Waals surface area contributed by atoms with Gasteiger partial charge in [0.15, 0.2) is 0 Å². The van der Waals surface area contributed by atoms with Crippen LogP contribution in [-0.2, 0) is 0 Å². The van der Waals surface area contributed by atoms with Crippen LogP contribution in [0.1, 0.15) is 13.3 Å². The maximum atomic E-state index is 11.3. The minimum Gasteiger partial charge on any atom is -0.338 e. The van der Waals surface area contributed by atoms with Crippen molar-refractivity contribution < 1.29 is 4.79 Å². The number of nitrogens with zero attached hydrogens (tertiary/aromatic N) is 1. The molecule has 0 aromatic carbocycles. The van der Waals surface area contributed by atoms with Crippen LogP contribution in [0.2, 0.25) is 0 Å². The highest BCUT2D eigenvalue weighted by molar-refractivity contribution is 5.73. The molecule has 1 aliphatic rings. The molecule has 0 spiro atoms. The SMILES string of the molecule is CC1CCNCC1CNC(=O)N(C)C. The standard InChI is InChI=1S/C10H21N3O/c1-8-4-5-11-6-9(8)7-12-10(14)13(2)3/h8-9,11H,4-7H2,1-3H3,(H,12,14). The van der Waals surface area contributed by atoms with Crippen LogP contribution in [0.15, 0.2) is 0 Å². The Labute approximate surface area is 86.0 Å². The smallest absolute Gasteiger partial charge is 0.316 e. The minimum absolute atomic E-state index is 0.00257. The molecule has 1 heterocycles. The average Bonchev–Trinajstić information content (AvgIpc) is 2.16. The van der Waals surface area contributed by atoms with Crippen molar-refractivity contribution >= 4 is 6.03 Å². The summed E-state index contributed by atoms with van der Waals surface area (Å²) >= 11 is 0. The van der Waals surface area contributed by atoms with Gasteiger partial charge < -0.3 is 15.5 Å². The van der Waals surface area contributed by atoms with Crippen LogP contribution >= 0.6 is 0 Å². The first kappa shape index (κ1) is 11.3. The summed E-state index contributed by atoms with van der Waals surface area (Å²) in [4.78, 5) is 12.9. The summed E-state index contributed by atoms with van der Waals surface area (Å²) < 4.78 is 0. The Kier molecular flexibility index (Phi) is 4.20. The van der Waals surface area contributed by atoms with E-state index in [1.165, 1.54) is 6.42 Å². The fourth-order valence-corrected chi connectivity index (χ4v) is 1.70. The number of amides is 2. The molecule has 4 nitrogen and oxygen atoms in total. The Bertz CT molecular complexity index is 194. The third-order valence-electron chi connectivity index (χ3n) is 2.91. The van der Waals surface area contributed by atoms with E-state index in [1.807, 2.05) is 0 Å². The molecule has 0 aromatic rings. The van der Waals surface area contributed by atoms with E-state index in [2.05, 4.69) is 17.6 Å². The number of hydrogen-bond acceptors (Lipinski definition) is 2. The van der Waals surface area contributed by atoms with Gasteiger partial charge in [0.2, 0.25) is 0 Å². The van der Waals surface area contributed by atoms with E-state index in [0.29, 0.717) is 11.8 Å². The summed E-state index contributed by atoms with van der Waals surface area (Å²) in [6, 6.07) is 0.00257. The van der Waals surface area contributed by atoms with E-state index < -0.39 is 0 Å². The van der Waals surface area contributed by atoms with Gasteiger partial charge in [-0.1, -0.05) is 6.92 Å². The molecule has 82 valence electrons. The maximum absolute atomic E-state index is 11.3. The van der Waals surface area contributed by atoms with Gasteiger partial charge in [-0.25, -0.2) is 4.79 Å². The van der Waals surface area contributed by atoms with Crippen molar-refractivity contribution in [2.45, 2.75) is 13.3 Å². The molecule has 0 aromatic heterocycles. The average molecular weight is 199 g/mol. The molecule has 2 atom stereocenters. The van der Waals surface area contributed by atoms with Gasteiger partial charge in [-0.2, -0.15) is 0 Å². The zero-order chi connectivity index (χ0) is 10.6. The van der Waals surface area contributed by atoms with E-state index >= 15 is 0 Å². The monoisotopic (exact) mass is 199 g/mol. The molecule has 14 heavy (non-hydrogen) atoms. The number of piperidine rings is 1. The van der Waals surface area contributed by atoms with Crippen LogP contribution < -0.4 is 10.6 Å². The number of urea groups is 1. The molecule has 2 N–H and O–H groups in total. The largest absolute Gasteiger partial charge is 0.338 e. The summed E-state index contributed by atoms with van der Waals surface area (Å²) in [6.45, 7) is 5.17. The highest BCUT2D eigenvalue weighted by atomic mass is 16.2. The number of carbonyl (C=O) groups is 1.